The molecule has 0 saturated carbocycles. The first-order chi connectivity index (χ1) is 13.8. The Morgan fingerprint density at radius 3 is 2.45 bits per heavy atom. The fourth-order valence-corrected chi connectivity index (χ4v) is 4.13. The number of thiazole rings is 1. The topological polar surface area (TPSA) is 101 Å². The fraction of sp³-hybridized carbons (Fsp3) is 0.238. The van der Waals surface area contributed by atoms with E-state index in [0.717, 1.165) is 10.3 Å². The number of nitrogens with zero attached hydrogens (tertiary/aromatic N) is 2. The molecule has 0 aliphatic carbocycles. The second-order valence-corrected chi connectivity index (χ2v) is 7.67. The lowest BCUT2D eigenvalue weighted by molar-refractivity contribution is -0.141. The molecule has 0 saturated heterocycles. The first-order valence-corrected chi connectivity index (χ1v) is 9.93. The van der Waals surface area contributed by atoms with E-state index in [2.05, 4.69) is 10.3 Å². The number of nitrogens with one attached hydrogen (secondary N) is 1. The summed E-state index contributed by atoms with van der Waals surface area (Å²) in [6.45, 7) is 5.11. The number of aliphatic carboxylic acids is 1. The lowest BCUT2D eigenvalue weighted by Crippen LogP contribution is -2.27. The predicted molar refractivity (Wildman–Crippen MR) is 112 cm³/mol. The summed E-state index contributed by atoms with van der Waals surface area (Å²) in [5.41, 5.74) is 2.70. The average Bonchev–Trinajstić information content (AvgIpc) is 2.99. The highest BCUT2D eigenvalue weighted by molar-refractivity contribution is 7.16. The predicted octanol–water partition coefficient (Wildman–Crippen LogP) is 3.75. The first kappa shape index (κ1) is 20.5. The third-order valence-corrected chi connectivity index (χ3v) is 5.44. The normalized spacial score (nSPS) is 12.7. The third-order valence-electron chi connectivity index (χ3n) is 4.43. The molecule has 0 bridgehead atoms. The molecule has 0 aliphatic rings. The molecule has 3 aromatic rings. The molecule has 1 unspecified atom stereocenters. The van der Waals surface area contributed by atoms with Crippen molar-refractivity contribution >= 4 is 45.0 Å². The van der Waals surface area contributed by atoms with E-state index in [4.69, 9.17) is 0 Å². The van der Waals surface area contributed by atoms with Gasteiger partial charge in [0.25, 0.3) is 5.91 Å². The number of hydrogen-bond donors (Lipinski definition) is 2. The fourth-order valence-electron chi connectivity index (χ4n) is 3.02. The summed E-state index contributed by atoms with van der Waals surface area (Å²) in [4.78, 5) is 40.4. The van der Waals surface area contributed by atoms with Gasteiger partial charge in [-0.3, -0.25) is 9.59 Å². The van der Waals surface area contributed by atoms with Crippen LogP contribution in [0.5, 0.6) is 0 Å². The van der Waals surface area contributed by atoms with Gasteiger partial charge in [0, 0.05) is 18.2 Å². The van der Waals surface area contributed by atoms with Crippen LogP contribution in [0, 0.1) is 6.92 Å². The Hall–Kier alpha value is -3.26. The highest BCUT2D eigenvalue weighted by atomic mass is 32.1. The standard InChI is InChI=1S/C21H21N3O4S/c1-4-16(20(27)28)24-17-10-9-15(22-13(3)25)11-18(17)29-21(24)23-19(26)14-7-5-12(2)6-8-14/h5-11,16H,4H2,1-3H3,(H,22,25)(H,27,28). The van der Waals surface area contributed by atoms with E-state index in [1.165, 1.54) is 18.3 Å². The van der Waals surface area contributed by atoms with Crippen LogP contribution in [-0.2, 0) is 9.59 Å². The molecule has 2 aromatic carbocycles. The number of benzene rings is 2. The molecular weight excluding hydrogens is 390 g/mol. The smallest absolute Gasteiger partial charge is 0.326 e. The minimum atomic E-state index is -0.998. The van der Waals surface area contributed by atoms with Gasteiger partial charge in [0.15, 0.2) is 4.80 Å². The number of fused-ring (bicyclic) bond motifs is 1. The van der Waals surface area contributed by atoms with Crippen LogP contribution in [0.1, 0.15) is 42.2 Å². The molecule has 0 aliphatic heterocycles. The van der Waals surface area contributed by atoms with Gasteiger partial charge in [-0.2, -0.15) is 4.99 Å². The molecule has 1 atom stereocenters. The number of aromatic nitrogens is 1. The SMILES string of the molecule is CCC(C(=O)O)n1c(=NC(=O)c2ccc(C)cc2)sc2cc(NC(C)=O)ccc21. The van der Waals surface area contributed by atoms with Crippen molar-refractivity contribution in [2.45, 2.75) is 33.2 Å². The van der Waals surface area contributed by atoms with Gasteiger partial charge >= 0.3 is 5.97 Å². The second-order valence-electron chi connectivity index (χ2n) is 6.66. The summed E-state index contributed by atoms with van der Waals surface area (Å²) < 4.78 is 2.30. The molecule has 8 heteroatoms. The van der Waals surface area contributed by atoms with Crippen LogP contribution < -0.4 is 10.1 Å². The number of anilines is 1. The van der Waals surface area contributed by atoms with Crippen molar-refractivity contribution in [1.29, 1.82) is 0 Å². The number of carboxylic acid groups (broad SMARTS) is 1. The van der Waals surface area contributed by atoms with Crippen LogP contribution in [0.15, 0.2) is 47.5 Å². The zero-order valence-corrected chi connectivity index (χ0v) is 17.1. The van der Waals surface area contributed by atoms with Gasteiger partial charge in [0.2, 0.25) is 5.91 Å². The van der Waals surface area contributed by atoms with E-state index in [9.17, 15) is 19.5 Å². The molecule has 1 aromatic heterocycles. The van der Waals surface area contributed by atoms with Crippen molar-refractivity contribution in [2.75, 3.05) is 5.32 Å². The van der Waals surface area contributed by atoms with Gasteiger partial charge in [-0.05, 0) is 43.7 Å². The van der Waals surface area contributed by atoms with E-state index in [1.54, 1.807) is 41.8 Å². The highest BCUT2D eigenvalue weighted by Crippen LogP contribution is 2.26. The highest BCUT2D eigenvalue weighted by Gasteiger charge is 2.22. The monoisotopic (exact) mass is 411 g/mol. The lowest BCUT2D eigenvalue weighted by atomic mass is 10.1. The molecule has 1 heterocycles. The Balaban J connectivity index is 2.20. The molecular formula is C21H21N3O4S. The molecule has 0 spiro atoms. The Kier molecular flexibility index (Phi) is 5.93. The molecule has 150 valence electrons. The van der Waals surface area contributed by atoms with Crippen LogP contribution in [0.4, 0.5) is 5.69 Å². The number of carbonyl (C=O) groups excluding carboxylic acids is 2. The summed E-state index contributed by atoms with van der Waals surface area (Å²) in [5, 5.41) is 12.4. The van der Waals surface area contributed by atoms with E-state index in [1.807, 2.05) is 19.1 Å². The summed E-state index contributed by atoms with van der Waals surface area (Å²) in [6, 6.07) is 11.4. The van der Waals surface area contributed by atoms with Gasteiger partial charge in [-0.1, -0.05) is 36.0 Å². The molecule has 7 nitrogen and oxygen atoms in total. The zero-order chi connectivity index (χ0) is 21.1. The van der Waals surface area contributed by atoms with Crippen molar-refractivity contribution in [3.8, 4) is 0 Å². The number of carboxylic acids is 1. The van der Waals surface area contributed by atoms with Crippen LogP contribution >= 0.6 is 11.3 Å². The number of aryl methyl sites for hydroxylation is 1. The number of hydrogen-bond acceptors (Lipinski definition) is 4. The largest absolute Gasteiger partial charge is 0.480 e. The van der Waals surface area contributed by atoms with Crippen LogP contribution in [0.25, 0.3) is 10.2 Å². The van der Waals surface area contributed by atoms with Crippen LogP contribution in [0.2, 0.25) is 0 Å². The third kappa shape index (κ3) is 4.43. The Bertz CT molecular complexity index is 1160. The van der Waals surface area contributed by atoms with Crippen molar-refractivity contribution in [3.63, 3.8) is 0 Å². The molecule has 29 heavy (non-hydrogen) atoms. The minimum absolute atomic E-state index is 0.204. The van der Waals surface area contributed by atoms with Gasteiger partial charge in [0.1, 0.15) is 6.04 Å². The summed E-state index contributed by atoms with van der Waals surface area (Å²) in [6.07, 6.45) is 0.334. The second kappa shape index (κ2) is 8.40. The van der Waals surface area contributed by atoms with Crippen LogP contribution in [0.3, 0.4) is 0 Å². The summed E-state index contributed by atoms with van der Waals surface area (Å²) in [7, 11) is 0. The van der Waals surface area contributed by atoms with Crippen molar-refractivity contribution in [1.82, 2.24) is 4.57 Å². The van der Waals surface area contributed by atoms with E-state index in [-0.39, 0.29) is 5.91 Å². The maximum Gasteiger partial charge on any atom is 0.326 e. The van der Waals surface area contributed by atoms with Crippen LogP contribution in [-0.4, -0.2) is 27.5 Å². The first-order valence-electron chi connectivity index (χ1n) is 9.11. The van der Waals surface area contributed by atoms with E-state index in [0.29, 0.717) is 28.0 Å². The van der Waals surface area contributed by atoms with Gasteiger partial charge < -0.3 is 15.0 Å². The van der Waals surface area contributed by atoms with Gasteiger partial charge in [-0.15, -0.1) is 0 Å². The molecule has 0 fully saturated rings. The Morgan fingerprint density at radius 1 is 1.17 bits per heavy atom. The van der Waals surface area contributed by atoms with Crippen molar-refractivity contribution < 1.29 is 19.5 Å². The molecule has 2 amide bonds. The minimum Gasteiger partial charge on any atom is -0.480 e. The number of carbonyl (C=O) groups is 3. The van der Waals surface area contributed by atoms with E-state index >= 15 is 0 Å². The molecule has 0 radical (unpaired) electrons. The lowest BCUT2D eigenvalue weighted by Gasteiger charge is -2.13. The quantitative estimate of drug-likeness (QED) is 0.668. The van der Waals surface area contributed by atoms with Gasteiger partial charge in [-0.25, -0.2) is 4.79 Å². The average molecular weight is 411 g/mol. The van der Waals surface area contributed by atoms with E-state index < -0.39 is 17.9 Å². The Morgan fingerprint density at radius 2 is 1.86 bits per heavy atom. The number of amides is 2. The summed E-state index contributed by atoms with van der Waals surface area (Å²) >= 11 is 1.21. The maximum absolute atomic E-state index is 12.7. The zero-order valence-electron chi connectivity index (χ0n) is 16.3. The molecule has 3 rings (SSSR count). The van der Waals surface area contributed by atoms with Crippen molar-refractivity contribution in [2.24, 2.45) is 4.99 Å². The summed E-state index contributed by atoms with van der Waals surface area (Å²) in [5.74, 6) is -1.64. The van der Waals surface area contributed by atoms with Crippen molar-refractivity contribution in [3.05, 3.63) is 58.4 Å². The maximum atomic E-state index is 12.7. The number of rotatable bonds is 5. The Labute approximate surface area is 171 Å². The van der Waals surface area contributed by atoms with Gasteiger partial charge in [0.05, 0.1) is 10.2 Å². The molecule has 2 N–H and O–H groups in total.